The van der Waals surface area contributed by atoms with Crippen molar-refractivity contribution in [2.45, 2.75) is 52.5 Å². The van der Waals surface area contributed by atoms with Crippen molar-refractivity contribution in [2.24, 2.45) is 0 Å². The summed E-state index contributed by atoms with van der Waals surface area (Å²) in [6, 6.07) is 7.80. The van der Waals surface area contributed by atoms with Crippen LogP contribution in [0.25, 0.3) is 6.08 Å². The number of rotatable bonds is 8. The Balaban J connectivity index is 1.69. The summed E-state index contributed by atoms with van der Waals surface area (Å²) in [6.07, 6.45) is 6.80. The summed E-state index contributed by atoms with van der Waals surface area (Å²) in [5.41, 5.74) is 2.18. The third-order valence-corrected chi connectivity index (χ3v) is 8.67. The number of pyridine rings is 1. The molecule has 10 heteroatoms. The van der Waals surface area contributed by atoms with E-state index in [2.05, 4.69) is 11.0 Å². The zero-order valence-corrected chi connectivity index (χ0v) is 24.5. The van der Waals surface area contributed by atoms with Gasteiger partial charge in [0.1, 0.15) is 21.8 Å². The van der Waals surface area contributed by atoms with E-state index in [-0.39, 0.29) is 17.0 Å². The maximum atomic E-state index is 13.6. The molecule has 0 spiro atoms. The Morgan fingerprint density at radius 1 is 1.10 bits per heavy atom. The lowest BCUT2D eigenvalue weighted by molar-refractivity contribution is -0.122. The van der Waals surface area contributed by atoms with E-state index in [9.17, 15) is 14.9 Å². The first kappa shape index (κ1) is 28.7. The number of aromatic nitrogens is 1. The number of thiocarbonyl (C=S) groups is 1. The van der Waals surface area contributed by atoms with Crippen LogP contribution in [0.3, 0.4) is 0 Å². The fourth-order valence-electron chi connectivity index (χ4n) is 5.16. The largest absolute Gasteiger partial charge is 0.493 e. The van der Waals surface area contributed by atoms with Gasteiger partial charge in [0.25, 0.3) is 11.5 Å². The molecule has 1 aromatic carbocycles. The number of amides is 1. The van der Waals surface area contributed by atoms with Gasteiger partial charge in [-0.15, -0.1) is 0 Å². The molecular weight excluding hydrogens is 532 g/mol. The average Bonchev–Trinajstić information content (AvgIpc) is 3.10. The van der Waals surface area contributed by atoms with Crippen LogP contribution in [0.5, 0.6) is 11.5 Å². The smallest absolute Gasteiger partial charge is 0.270 e. The highest BCUT2D eigenvalue weighted by Gasteiger charge is 2.33. The molecule has 4 rings (SSSR count). The zero-order valence-electron chi connectivity index (χ0n) is 22.9. The van der Waals surface area contributed by atoms with Crippen LogP contribution >= 0.6 is 24.0 Å². The molecule has 39 heavy (non-hydrogen) atoms. The molecule has 0 atom stereocenters. The zero-order chi connectivity index (χ0) is 28.1. The number of hydrogen-bond donors (Lipinski definition) is 0. The molecule has 0 radical (unpaired) electrons. The molecule has 0 unspecified atom stereocenters. The maximum absolute atomic E-state index is 13.6. The number of benzene rings is 1. The molecule has 8 nitrogen and oxygen atoms in total. The Morgan fingerprint density at radius 3 is 2.41 bits per heavy atom. The first-order valence-electron chi connectivity index (χ1n) is 13.2. The van der Waals surface area contributed by atoms with Gasteiger partial charge in [0, 0.05) is 31.7 Å². The predicted molar refractivity (Wildman–Crippen MR) is 160 cm³/mol. The third kappa shape index (κ3) is 5.85. The maximum Gasteiger partial charge on any atom is 0.270 e. The van der Waals surface area contributed by atoms with E-state index in [1.807, 2.05) is 31.2 Å². The first-order valence-corrected chi connectivity index (χ1v) is 14.5. The van der Waals surface area contributed by atoms with Crippen LogP contribution in [0.1, 0.15) is 54.9 Å². The molecule has 0 bridgehead atoms. The van der Waals surface area contributed by atoms with Gasteiger partial charge < -0.3 is 14.4 Å². The summed E-state index contributed by atoms with van der Waals surface area (Å²) in [4.78, 5) is 31.2. The fraction of sp³-hybridized carbons (Fsp3) is 0.448. The lowest BCUT2D eigenvalue weighted by Gasteiger charge is -2.29. The molecule has 0 saturated carbocycles. The van der Waals surface area contributed by atoms with E-state index in [1.54, 1.807) is 30.6 Å². The highest BCUT2D eigenvalue weighted by Crippen LogP contribution is 2.37. The van der Waals surface area contributed by atoms with Gasteiger partial charge >= 0.3 is 0 Å². The van der Waals surface area contributed by atoms with Crippen molar-refractivity contribution in [3.63, 3.8) is 0 Å². The van der Waals surface area contributed by atoms with Crippen LogP contribution in [0.2, 0.25) is 0 Å². The van der Waals surface area contributed by atoms with E-state index in [0.717, 1.165) is 55.7 Å². The predicted octanol–water partition coefficient (Wildman–Crippen LogP) is 4.89. The van der Waals surface area contributed by atoms with Gasteiger partial charge in [0.15, 0.2) is 11.5 Å². The van der Waals surface area contributed by atoms with Crippen LogP contribution in [0, 0.1) is 18.3 Å². The van der Waals surface area contributed by atoms with Crippen molar-refractivity contribution >= 4 is 46.1 Å². The Morgan fingerprint density at radius 2 is 1.79 bits per heavy atom. The van der Waals surface area contributed by atoms with Gasteiger partial charge in [0.05, 0.1) is 19.1 Å². The minimum absolute atomic E-state index is 0.116. The Labute approximate surface area is 239 Å². The summed E-state index contributed by atoms with van der Waals surface area (Å²) in [5, 5.41) is 9.82. The third-order valence-electron chi connectivity index (χ3n) is 7.29. The number of anilines is 1. The minimum atomic E-state index is -0.281. The van der Waals surface area contributed by atoms with E-state index in [4.69, 9.17) is 21.7 Å². The monoisotopic (exact) mass is 566 g/mol. The highest BCUT2D eigenvalue weighted by atomic mass is 32.2. The summed E-state index contributed by atoms with van der Waals surface area (Å²) >= 11 is 6.87. The van der Waals surface area contributed by atoms with E-state index < -0.39 is 0 Å². The molecule has 2 aliphatic heterocycles. The number of methoxy groups -OCH3 is 2. The van der Waals surface area contributed by atoms with Gasteiger partial charge in [-0.05, 0) is 62.4 Å². The number of thioether (sulfide) groups is 1. The van der Waals surface area contributed by atoms with Gasteiger partial charge in [-0.2, -0.15) is 5.26 Å². The van der Waals surface area contributed by atoms with Crippen molar-refractivity contribution in [2.75, 3.05) is 38.8 Å². The lowest BCUT2D eigenvalue weighted by Crippen LogP contribution is -2.35. The van der Waals surface area contributed by atoms with Gasteiger partial charge in [-0.1, -0.05) is 42.9 Å². The topological polar surface area (TPSA) is 87.8 Å². The number of nitriles is 1. The molecule has 206 valence electrons. The first-order chi connectivity index (χ1) is 18.8. The van der Waals surface area contributed by atoms with E-state index >= 15 is 0 Å². The van der Waals surface area contributed by atoms with Crippen LogP contribution in [0.4, 0.5) is 5.82 Å². The quantitative estimate of drug-likeness (QED) is 0.330. The average molecular weight is 567 g/mol. The van der Waals surface area contributed by atoms with Crippen LogP contribution in [-0.4, -0.2) is 53.5 Å². The fourth-order valence-corrected chi connectivity index (χ4v) is 6.45. The summed E-state index contributed by atoms with van der Waals surface area (Å²) < 4.78 is 12.9. The van der Waals surface area contributed by atoms with Gasteiger partial charge in [0.2, 0.25) is 0 Å². The van der Waals surface area contributed by atoms with Crippen molar-refractivity contribution in [3.05, 3.63) is 55.7 Å². The van der Waals surface area contributed by atoms with Crippen molar-refractivity contribution in [1.29, 1.82) is 5.26 Å². The van der Waals surface area contributed by atoms with Gasteiger partial charge in [-0.3, -0.25) is 19.1 Å². The van der Waals surface area contributed by atoms with Crippen LogP contribution < -0.4 is 19.9 Å². The molecule has 0 aliphatic carbocycles. The highest BCUT2D eigenvalue weighted by molar-refractivity contribution is 8.26. The molecule has 1 amide bonds. The van der Waals surface area contributed by atoms with E-state index in [1.165, 1.54) is 11.8 Å². The van der Waals surface area contributed by atoms with Crippen LogP contribution in [0.15, 0.2) is 27.9 Å². The number of hydrogen-bond acceptors (Lipinski definition) is 8. The lowest BCUT2D eigenvalue weighted by atomic mass is 10.0. The molecule has 2 aromatic rings. The van der Waals surface area contributed by atoms with E-state index in [0.29, 0.717) is 45.8 Å². The van der Waals surface area contributed by atoms with Crippen molar-refractivity contribution in [3.8, 4) is 17.6 Å². The number of ether oxygens (including phenoxy) is 2. The molecule has 2 aliphatic rings. The van der Waals surface area contributed by atoms with Crippen LogP contribution in [-0.2, 0) is 17.8 Å². The normalized spacial score (nSPS) is 16.9. The second-order valence-electron chi connectivity index (χ2n) is 9.57. The molecule has 1 aromatic heterocycles. The number of nitrogens with zero attached hydrogens (tertiary/aromatic N) is 4. The van der Waals surface area contributed by atoms with Gasteiger partial charge in [-0.25, -0.2) is 0 Å². The summed E-state index contributed by atoms with van der Waals surface area (Å²) in [5.74, 6) is 1.91. The molecule has 2 saturated heterocycles. The Bertz CT molecular complexity index is 1400. The summed E-state index contributed by atoms with van der Waals surface area (Å²) in [6.45, 7) is 6.23. The number of carbonyl (C=O) groups is 1. The van der Waals surface area contributed by atoms with Crippen molar-refractivity contribution < 1.29 is 14.3 Å². The SMILES string of the molecule is CCn1c(N2CCCCCC2)c(/C=C2/SC(=S)N(CCc3ccc(OC)c(OC)c3)C2=O)c(C)c(C#N)c1=O. The number of carbonyl (C=O) groups excluding carboxylic acids is 1. The molecule has 0 N–H and O–H groups in total. The second kappa shape index (κ2) is 12.7. The molecule has 2 fully saturated rings. The second-order valence-corrected chi connectivity index (χ2v) is 11.2. The molecule has 3 heterocycles. The molecular formula is C29H34N4O4S2. The summed E-state index contributed by atoms with van der Waals surface area (Å²) in [7, 11) is 3.19. The standard InChI is InChI=1S/C29H34N4O4S2/c1-5-32-26(31-13-8-6-7-9-14-31)21(19(2)22(18-30)27(32)34)17-25-28(35)33(29(38)39-25)15-12-20-10-11-23(36-3)24(16-20)37-4/h10-11,16-17H,5-9,12-15H2,1-4H3/b25-17+. The Hall–Kier alpha value is -3.29. The minimum Gasteiger partial charge on any atom is -0.493 e. The Kier molecular flexibility index (Phi) is 9.36. The van der Waals surface area contributed by atoms with Crippen molar-refractivity contribution in [1.82, 2.24) is 9.47 Å².